The maximum Gasteiger partial charge on any atom is 0.260 e. The minimum absolute atomic E-state index is 0.0264. The van der Waals surface area contributed by atoms with Gasteiger partial charge in [0.05, 0.1) is 10.8 Å². The average molecular weight is 398 g/mol. The van der Waals surface area contributed by atoms with E-state index in [1.165, 1.54) is 0 Å². The summed E-state index contributed by atoms with van der Waals surface area (Å²) in [5.41, 5.74) is 0.769. The molecule has 1 atom stereocenters. The van der Waals surface area contributed by atoms with Gasteiger partial charge in [0.25, 0.3) is 5.91 Å². The number of amides is 2. The van der Waals surface area contributed by atoms with Gasteiger partial charge in [-0.05, 0) is 24.3 Å². The third-order valence-electron chi connectivity index (χ3n) is 5.35. The van der Waals surface area contributed by atoms with E-state index in [0.717, 1.165) is 5.69 Å². The second kappa shape index (κ2) is 7.75. The molecule has 1 spiro atoms. The summed E-state index contributed by atoms with van der Waals surface area (Å²) in [7, 11) is -1.28. The van der Waals surface area contributed by atoms with Crippen molar-refractivity contribution in [2.45, 2.75) is 17.7 Å². The first-order valence-corrected chi connectivity index (χ1v) is 10.6. The van der Waals surface area contributed by atoms with Crippen LogP contribution in [0.3, 0.4) is 0 Å². The van der Waals surface area contributed by atoms with Gasteiger partial charge in [-0.3, -0.25) is 18.7 Å². The molecule has 2 aliphatic rings. The number of carbonyl (C=O) groups excluding carboxylic acids is 2. The zero-order chi connectivity index (χ0) is 19.6. The van der Waals surface area contributed by atoms with Crippen LogP contribution in [-0.4, -0.2) is 51.2 Å². The Hall–Kier alpha value is -2.67. The highest BCUT2D eigenvalue weighted by Crippen LogP contribution is 2.40. The molecule has 4 rings (SSSR count). The van der Waals surface area contributed by atoms with E-state index in [-0.39, 0.29) is 24.2 Å². The van der Waals surface area contributed by atoms with Crippen LogP contribution >= 0.6 is 0 Å². The fraction of sp³-hybridized carbons (Fsp3) is 0.333. The predicted octanol–water partition coefficient (Wildman–Crippen LogP) is 2.18. The summed E-state index contributed by atoms with van der Waals surface area (Å²) in [4.78, 5) is 27.8. The van der Waals surface area contributed by atoms with Gasteiger partial charge in [0.15, 0.2) is 6.61 Å². The lowest BCUT2D eigenvalue weighted by atomic mass is 10.0. The summed E-state index contributed by atoms with van der Waals surface area (Å²) in [6, 6.07) is 18.6. The second-order valence-electron chi connectivity index (χ2n) is 6.98. The van der Waals surface area contributed by atoms with Crippen LogP contribution in [-0.2, 0) is 20.4 Å². The lowest BCUT2D eigenvalue weighted by Crippen LogP contribution is -2.56. The van der Waals surface area contributed by atoms with E-state index in [0.29, 0.717) is 31.7 Å². The largest absolute Gasteiger partial charge is 0.484 e. The van der Waals surface area contributed by atoms with Crippen molar-refractivity contribution in [3.63, 3.8) is 0 Å². The lowest BCUT2D eigenvalue weighted by Gasteiger charge is -2.43. The normalized spacial score (nSPS) is 21.1. The summed E-state index contributed by atoms with van der Waals surface area (Å²) >= 11 is 0. The lowest BCUT2D eigenvalue weighted by molar-refractivity contribution is -0.134. The van der Waals surface area contributed by atoms with Gasteiger partial charge in [0.2, 0.25) is 5.91 Å². The quantitative estimate of drug-likeness (QED) is 0.792. The molecule has 1 unspecified atom stereocenters. The Morgan fingerprint density at radius 2 is 1.61 bits per heavy atom. The molecule has 28 heavy (non-hydrogen) atoms. The van der Waals surface area contributed by atoms with E-state index in [4.69, 9.17) is 4.74 Å². The molecule has 2 heterocycles. The number of hydrogen-bond acceptors (Lipinski definition) is 4. The first-order valence-electron chi connectivity index (χ1n) is 9.32. The Morgan fingerprint density at radius 1 is 1.00 bits per heavy atom. The molecule has 0 aliphatic carbocycles. The number of anilines is 1. The van der Waals surface area contributed by atoms with E-state index in [9.17, 15) is 13.8 Å². The zero-order valence-corrected chi connectivity index (χ0v) is 16.3. The molecule has 2 aliphatic heterocycles. The van der Waals surface area contributed by atoms with Crippen molar-refractivity contribution in [1.82, 2.24) is 4.90 Å². The van der Waals surface area contributed by atoms with Gasteiger partial charge in [-0.1, -0.05) is 36.4 Å². The van der Waals surface area contributed by atoms with Crippen LogP contribution in [0.1, 0.15) is 12.8 Å². The molecular weight excluding hydrogens is 376 g/mol. The summed E-state index contributed by atoms with van der Waals surface area (Å²) in [6.07, 6.45) is 0.995. The van der Waals surface area contributed by atoms with E-state index in [1.54, 1.807) is 9.80 Å². The molecule has 2 amide bonds. The van der Waals surface area contributed by atoms with Crippen molar-refractivity contribution in [3.05, 3.63) is 60.7 Å². The molecular formula is C21H22N2O4S. The number of ether oxygens (including phenoxy) is 1. The number of hydrogen-bond donors (Lipinski definition) is 0. The second-order valence-corrected chi connectivity index (χ2v) is 8.72. The molecule has 0 aromatic heterocycles. The van der Waals surface area contributed by atoms with Gasteiger partial charge >= 0.3 is 0 Å². The molecule has 0 saturated carbocycles. The Morgan fingerprint density at radius 3 is 2.25 bits per heavy atom. The average Bonchev–Trinajstić information content (AvgIpc) is 2.97. The fourth-order valence-corrected chi connectivity index (χ4v) is 5.58. The van der Waals surface area contributed by atoms with Crippen molar-refractivity contribution in [3.8, 4) is 5.75 Å². The fourth-order valence-electron chi connectivity index (χ4n) is 3.91. The smallest absolute Gasteiger partial charge is 0.260 e. The van der Waals surface area contributed by atoms with Crippen molar-refractivity contribution in [2.75, 3.05) is 30.3 Å². The Kier molecular flexibility index (Phi) is 5.17. The van der Waals surface area contributed by atoms with E-state index in [1.807, 2.05) is 60.7 Å². The van der Waals surface area contributed by atoms with Crippen molar-refractivity contribution < 1.29 is 18.5 Å². The highest BCUT2D eigenvalue weighted by atomic mass is 32.2. The number of nitrogens with zero attached hydrogens (tertiary/aromatic N) is 2. The number of benzene rings is 2. The van der Waals surface area contributed by atoms with Gasteiger partial charge < -0.3 is 9.64 Å². The minimum Gasteiger partial charge on any atom is -0.484 e. The van der Waals surface area contributed by atoms with Gasteiger partial charge in [0, 0.05) is 31.6 Å². The standard InChI is InChI=1S/C21H22N2O4S/c24-19(15-27-18-9-5-2-6-10-18)22-13-11-21(12-14-22)23(20(25)16-28(21)26)17-7-3-1-4-8-17/h1-10H,11-16H2. The highest BCUT2D eigenvalue weighted by molar-refractivity contribution is 7.88. The molecule has 2 fully saturated rings. The molecule has 0 bridgehead atoms. The van der Waals surface area contributed by atoms with Crippen LogP contribution in [0.25, 0.3) is 0 Å². The molecule has 2 saturated heterocycles. The van der Waals surface area contributed by atoms with Crippen molar-refractivity contribution in [1.29, 1.82) is 0 Å². The van der Waals surface area contributed by atoms with Crippen molar-refractivity contribution >= 4 is 28.3 Å². The summed E-state index contributed by atoms with van der Waals surface area (Å²) in [6.45, 7) is 0.889. The monoisotopic (exact) mass is 398 g/mol. The third-order valence-corrected chi connectivity index (χ3v) is 7.30. The first-order chi connectivity index (χ1) is 13.6. The van der Waals surface area contributed by atoms with Gasteiger partial charge in [0.1, 0.15) is 16.4 Å². The maximum atomic E-state index is 12.9. The summed E-state index contributed by atoms with van der Waals surface area (Å²) < 4.78 is 18.4. The van der Waals surface area contributed by atoms with E-state index >= 15 is 0 Å². The molecule has 146 valence electrons. The first kappa shape index (κ1) is 18.7. The maximum absolute atomic E-state index is 12.9. The van der Waals surface area contributed by atoms with Gasteiger partial charge in [-0.25, -0.2) is 0 Å². The Labute approximate surface area is 166 Å². The highest BCUT2D eigenvalue weighted by Gasteiger charge is 2.53. The topological polar surface area (TPSA) is 66.9 Å². The van der Waals surface area contributed by atoms with Crippen LogP contribution in [0.4, 0.5) is 5.69 Å². The van der Waals surface area contributed by atoms with Crippen LogP contribution in [0.5, 0.6) is 5.75 Å². The van der Waals surface area contributed by atoms with Crippen molar-refractivity contribution in [2.24, 2.45) is 0 Å². The predicted molar refractivity (Wildman–Crippen MR) is 107 cm³/mol. The number of piperidine rings is 1. The van der Waals surface area contributed by atoms with Crippen LogP contribution in [0.2, 0.25) is 0 Å². The molecule has 0 radical (unpaired) electrons. The van der Waals surface area contributed by atoms with Crippen LogP contribution in [0.15, 0.2) is 60.7 Å². The molecule has 2 aromatic carbocycles. The Bertz CT molecular complexity index is 880. The summed E-state index contributed by atoms with van der Waals surface area (Å²) in [5, 5.41) is 0. The summed E-state index contributed by atoms with van der Waals surface area (Å²) in [5.74, 6) is 0.485. The number of carbonyl (C=O) groups is 2. The van der Waals surface area contributed by atoms with E-state index < -0.39 is 15.7 Å². The van der Waals surface area contributed by atoms with Crippen LogP contribution < -0.4 is 9.64 Å². The van der Waals surface area contributed by atoms with Gasteiger partial charge in [-0.15, -0.1) is 0 Å². The molecule has 7 heteroatoms. The SMILES string of the molecule is O=C(COc1ccccc1)N1CCC2(CC1)N(c1ccccc1)C(=O)CS2=O. The molecule has 0 N–H and O–H groups in total. The third kappa shape index (κ3) is 3.42. The zero-order valence-electron chi connectivity index (χ0n) is 15.5. The van der Waals surface area contributed by atoms with E-state index in [2.05, 4.69) is 0 Å². The number of para-hydroxylation sites is 2. The van der Waals surface area contributed by atoms with Crippen LogP contribution in [0, 0.1) is 0 Å². The minimum atomic E-state index is -1.28. The number of likely N-dealkylation sites (tertiary alicyclic amines) is 1. The number of rotatable bonds is 4. The molecule has 6 nitrogen and oxygen atoms in total. The van der Waals surface area contributed by atoms with Gasteiger partial charge in [-0.2, -0.15) is 0 Å². The Balaban J connectivity index is 1.43. The molecule has 2 aromatic rings.